The van der Waals surface area contributed by atoms with Gasteiger partial charge in [-0.25, -0.2) is 19.1 Å². The summed E-state index contributed by atoms with van der Waals surface area (Å²) >= 11 is 0. The zero-order valence-corrected chi connectivity index (χ0v) is 14.2. The molecule has 0 bridgehead atoms. The van der Waals surface area contributed by atoms with Crippen LogP contribution in [-0.4, -0.2) is 30.6 Å². The van der Waals surface area contributed by atoms with Gasteiger partial charge in [0.15, 0.2) is 0 Å². The summed E-state index contributed by atoms with van der Waals surface area (Å²) in [5.74, 6) is 1.88. The highest BCUT2D eigenvalue weighted by atomic mass is 16.2. The predicted molar refractivity (Wildman–Crippen MR) is 87.9 cm³/mol. The standard InChI is InChI=1S/C15H25N7O/c1-5-8-21-14(16-10-18-21)12(4)19-15(23)20-13-6-7-17-22(13)9-11(2)3/h6-7,10-12H,5,8-9H2,1-4H3,(H2,19,20,23)/t12-/m1/s1. The Balaban J connectivity index is 1.96. The maximum atomic E-state index is 12.2. The summed E-state index contributed by atoms with van der Waals surface area (Å²) in [7, 11) is 0. The molecule has 0 aliphatic rings. The van der Waals surface area contributed by atoms with Gasteiger partial charge in [0, 0.05) is 19.2 Å². The van der Waals surface area contributed by atoms with E-state index in [1.54, 1.807) is 16.9 Å². The summed E-state index contributed by atoms with van der Waals surface area (Å²) in [6.45, 7) is 9.71. The van der Waals surface area contributed by atoms with Crippen molar-refractivity contribution in [3.8, 4) is 0 Å². The Morgan fingerprint density at radius 2 is 2.04 bits per heavy atom. The number of carbonyl (C=O) groups is 1. The largest absolute Gasteiger partial charge is 0.328 e. The number of hydrogen-bond acceptors (Lipinski definition) is 4. The summed E-state index contributed by atoms with van der Waals surface area (Å²) in [6, 6.07) is 1.27. The minimum absolute atomic E-state index is 0.231. The minimum Gasteiger partial charge on any atom is -0.328 e. The molecule has 126 valence electrons. The molecule has 0 saturated carbocycles. The van der Waals surface area contributed by atoms with Crippen molar-refractivity contribution in [3.05, 3.63) is 24.4 Å². The number of nitrogens with zero attached hydrogens (tertiary/aromatic N) is 5. The van der Waals surface area contributed by atoms with Gasteiger partial charge in [-0.3, -0.25) is 5.32 Å². The molecule has 23 heavy (non-hydrogen) atoms. The molecule has 0 saturated heterocycles. The number of carbonyl (C=O) groups excluding carboxylic acids is 1. The number of amides is 2. The van der Waals surface area contributed by atoms with Gasteiger partial charge in [-0.1, -0.05) is 20.8 Å². The fraction of sp³-hybridized carbons (Fsp3) is 0.600. The Morgan fingerprint density at radius 1 is 1.26 bits per heavy atom. The number of anilines is 1. The molecular formula is C15H25N7O. The van der Waals surface area contributed by atoms with Crippen molar-refractivity contribution < 1.29 is 4.79 Å². The number of nitrogens with one attached hydrogen (secondary N) is 2. The van der Waals surface area contributed by atoms with Gasteiger partial charge >= 0.3 is 6.03 Å². The van der Waals surface area contributed by atoms with E-state index in [4.69, 9.17) is 0 Å². The van der Waals surface area contributed by atoms with E-state index in [0.29, 0.717) is 11.7 Å². The van der Waals surface area contributed by atoms with Crippen molar-refractivity contribution >= 4 is 11.8 Å². The second-order valence-electron chi connectivity index (χ2n) is 5.95. The summed E-state index contributed by atoms with van der Waals surface area (Å²) in [6.07, 6.45) is 4.15. The lowest BCUT2D eigenvalue weighted by Crippen LogP contribution is -2.33. The van der Waals surface area contributed by atoms with Crippen LogP contribution in [0.25, 0.3) is 0 Å². The van der Waals surface area contributed by atoms with Crippen molar-refractivity contribution in [2.75, 3.05) is 5.32 Å². The quantitative estimate of drug-likeness (QED) is 0.820. The van der Waals surface area contributed by atoms with Crippen molar-refractivity contribution in [3.63, 3.8) is 0 Å². The van der Waals surface area contributed by atoms with Gasteiger partial charge < -0.3 is 5.32 Å². The minimum atomic E-state index is -0.283. The average Bonchev–Trinajstić information content (AvgIpc) is 3.09. The van der Waals surface area contributed by atoms with Crippen molar-refractivity contribution in [1.82, 2.24) is 29.9 Å². The molecule has 2 amide bonds. The lowest BCUT2D eigenvalue weighted by atomic mass is 10.2. The maximum Gasteiger partial charge on any atom is 0.320 e. The molecule has 8 heteroatoms. The lowest BCUT2D eigenvalue weighted by Gasteiger charge is -2.16. The third kappa shape index (κ3) is 4.54. The van der Waals surface area contributed by atoms with E-state index in [-0.39, 0.29) is 12.1 Å². The molecule has 0 aromatic carbocycles. The third-order valence-corrected chi connectivity index (χ3v) is 3.31. The number of aryl methyl sites for hydroxylation is 1. The zero-order valence-electron chi connectivity index (χ0n) is 14.2. The van der Waals surface area contributed by atoms with Gasteiger partial charge in [0.25, 0.3) is 0 Å². The zero-order chi connectivity index (χ0) is 16.8. The monoisotopic (exact) mass is 319 g/mol. The van der Waals surface area contributed by atoms with Crippen molar-refractivity contribution in [2.24, 2.45) is 5.92 Å². The molecule has 1 atom stereocenters. The van der Waals surface area contributed by atoms with Crippen molar-refractivity contribution in [2.45, 2.75) is 53.2 Å². The first kappa shape index (κ1) is 17.0. The van der Waals surface area contributed by atoms with Gasteiger partial charge in [0.05, 0.1) is 12.2 Å². The number of rotatable bonds is 7. The molecule has 2 aromatic rings. The van der Waals surface area contributed by atoms with Crippen LogP contribution in [0.3, 0.4) is 0 Å². The first-order valence-electron chi connectivity index (χ1n) is 7.98. The lowest BCUT2D eigenvalue weighted by molar-refractivity contribution is 0.248. The predicted octanol–water partition coefficient (Wildman–Crippen LogP) is 2.42. The second kappa shape index (κ2) is 7.75. The van der Waals surface area contributed by atoms with E-state index < -0.39 is 0 Å². The molecule has 0 unspecified atom stereocenters. The molecule has 0 fully saturated rings. The third-order valence-electron chi connectivity index (χ3n) is 3.31. The van der Waals surface area contributed by atoms with E-state index in [9.17, 15) is 4.79 Å². The highest BCUT2D eigenvalue weighted by molar-refractivity contribution is 5.88. The van der Waals surface area contributed by atoms with Crippen LogP contribution in [0.2, 0.25) is 0 Å². The fourth-order valence-corrected chi connectivity index (χ4v) is 2.34. The van der Waals surface area contributed by atoms with Gasteiger partial charge in [-0.15, -0.1) is 0 Å². The Morgan fingerprint density at radius 3 is 2.74 bits per heavy atom. The Labute approximate surface area is 136 Å². The topological polar surface area (TPSA) is 89.7 Å². The first-order chi connectivity index (χ1) is 11.0. The van der Waals surface area contributed by atoms with Crippen LogP contribution >= 0.6 is 0 Å². The van der Waals surface area contributed by atoms with Gasteiger partial charge in [-0.05, 0) is 19.3 Å². The second-order valence-corrected chi connectivity index (χ2v) is 5.95. The summed E-state index contributed by atoms with van der Waals surface area (Å²) in [5, 5.41) is 14.1. The smallest absolute Gasteiger partial charge is 0.320 e. The molecule has 2 N–H and O–H groups in total. The molecule has 0 spiro atoms. The maximum absolute atomic E-state index is 12.2. The van der Waals surface area contributed by atoms with E-state index >= 15 is 0 Å². The normalized spacial score (nSPS) is 12.4. The van der Waals surface area contributed by atoms with Crippen LogP contribution < -0.4 is 10.6 Å². The Bertz CT molecular complexity index is 631. The van der Waals surface area contributed by atoms with E-state index in [1.807, 2.05) is 11.6 Å². The van der Waals surface area contributed by atoms with Crippen LogP contribution in [-0.2, 0) is 13.1 Å². The summed E-state index contributed by atoms with van der Waals surface area (Å²) < 4.78 is 3.60. The molecule has 0 aliphatic heterocycles. The first-order valence-corrected chi connectivity index (χ1v) is 7.98. The van der Waals surface area contributed by atoms with Crippen LogP contribution in [0.15, 0.2) is 18.6 Å². The number of aromatic nitrogens is 5. The van der Waals surface area contributed by atoms with Crippen LogP contribution in [0, 0.1) is 5.92 Å². The number of urea groups is 1. The average molecular weight is 319 g/mol. The molecule has 8 nitrogen and oxygen atoms in total. The highest BCUT2D eigenvalue weighted by Crippen LogP contribution is 2.12. The van der Waals surface area contributed by atoms with Crippen LogP contribution in [0.4, 0.5) is 10.6 Å². The summed E-state index contributed by atoms with van der Waals surface area (Å²) in [4.78, 5) is 16.4. The molecule has 2 heterocycles. The molecular weight excluding hydrogens is 294 g/mol. The van der Waals surface area contributed by atoms with E-state index in [1.165, 1.54) is 6.33 Å². The Kier molecular flexibility index (Phi) is 5.72. The van der Waals surface area contributed by atoms with Crippen LogP contribution in [0.5, 0.6) is 0 Å². The van der Waals surface area contributed by atoms with Gasteiger partial charge in [-0.2, -0.15) is 10.2 Å². The molecule has 0 radical (unpaired) electrons. The fourth-order valence-electron chi connectivity index (χ4n) is 2.34. The highest BCUT2D eigenvalue weighted by Gasteiger charge is 2.16. The molecule has 2 aromatic heterocycles. The number of hydrogen-bond donors (Lipinski definition) is 2. The molecule has 0 aliphatic carbocycles. The summed E-state index contributed by atoms with van der Waals surface area (Å²) in [5.41, 5.74) is 0. The van der Waals surface area contributed by atoms with Gasteiger partial charge in [0.1, 0.15) is 18.0 Å². The SMILES string of the molecule is CCCn1ncnc1[C@@H](C)NC(=O)Nc1ccnn1CC(C)C. The van der Waals surface area contributed by atoms with Gasteiger partial charge in [0.2, 0.25) is 0 Å². The van der Waals surface area contributed by atoms with Crippen LogP contribution in [0.1, 0.15) is 46.0 Å². The van der Waals surface area contributed by atoms with E-state index in [2.05, 4.69) is 46.6 Å². The molecule has 2 rings (SSSR count). The van der Waals surface area contributed by atoms with E-state index in [0.717, 1.165) is 25.3 Å². The Hall–Kier alpha value is -2.38. The van der Waals surface area contributed by atoms with Crippen molar-refractivity contribution in [1.29, 1.82) is 0 Å².